The van der Waals surface area contributed by atoms with Crippen LogP contribution in [-0.2, 0) is 15.1 Å². The van der Waals surface area contributed by atoms with Crippen molar-refractivity contribution in [3.05, 3.63) is 35.6 Å². The molecule has 160 valence electrons. The Bertz CT molecular complexity index is 749. The van der Waals surface area contributed by atoms with Gasteiger partial charge in [-0.15, -0.1) is 0 Å². The van der Waals surface area contributed by atoms with Gasteiger partial charge in [-0.1, -0.05) is 12.1 Å². The Labute approximate surface area is 161 Å². The van der Waals surface area contributed by atoms with E-state index in [1.54, 1.807) is 13.8 Å². The van der Waals surface area contributed by atoms with Crippen LogP contribution in [0.5, 0.6) is 0 Å². The van der Waals surface area contributed by atoms with Crippen LogP contribution in [0.25, 0.3) is 0 Å². The van der Waals surface area contributed by atoms with Gasteiger partial charge in [0.25, 0.3) is 0 Å². The van der Waals surface area contributed by atoms with Crippen molar-refractivity contribution in [2.45, 2.75) is 25.5 Å². The molecule has 0 saturated heterocycles. The van der Waals surface area contributed by atoms with Crippen LogP contribution in [0.15, 0.2) is 24.3 Å². The number of aliphatic hydroxyl groups is 1. The molecule has 0 saturated carbocycles. The molecule has 0 fully saturated rings. The lowest BCUT2D eigenvalue weighted by atomic mass is 10.1. The van der Waals surface area contributed by atoms with E-state index >= 15 is 0 Å². The lowest BCUT2D eigenvalue weighted by Crippen LogP contribution is -2.52. The lowest BCUT2D eigenvalue weighted by molar-refractivity contribution is 0.0241. The van der Waals surface area contributed by atoms with E-state index in [2.05, 4.69) is 10.6 Å². The van der Waals surface area contributed by atoms with Gasteiger partial charge in [-0.3, -0.25) is 9.11 Å². The van der Waals surface area contributed by atoms with Gasteiger partial charge in [-0.25, -0.2) is 14.0 Å². The Morgan fingerprint density at radius 1 is 1.29 bits per heavy atom. The highest BCUT2D eigenvalue weighted by Crippen LogP contribution is 2.08. The van der Waals surface area contributed by atoms with Crippen molar-refractivity contribution in [3.8, 4) is 0 Å². The number of esters is 1. The molecule has 0 bridgehead atoms. The second-order valence-corrected chi connectivity index (χ2v) is 7.06. The van der Waals surface area contributed by atoms with Crippen LogP contribution in [0.2, 0.25) is 0 Å². The van der Waals surface area contributed by atoms with Gasteiger partial charge in [0.1, 0.15) is 18.5 Å². The minimum absolute atomic E-state index is 0.123. The summed E-state index contributed by atoms with van der Waals surface area (Å²) in [7, 11) is -4.67. The zero-order chi connectivity index (χ0) is 22.0. The summed E-state index contributed by atoms with van der Waals surface area (Å²) in [4.78, 5) is 22.4. The first-order chi connectivity index (χ1) is 12.7. The van der Waals surface area contributed by atoms with Crippen molar-refractivity contribution in [3.63, 3.8) is 0 Å². The van der Waals surface area contributed by atoms with Crippen LogP contribution >= 0.6 is 0 Å². The molecule has 0 aromatic heterocycles. The molecule has 13 heteroatoms. The first kappa shape index (κ1) is 25.7. The molecule has 0 aliphatic carbocycles. The fourth-order valence-corrected chi connectivity index (χ4v) is 1.70. The number of nitrogens with one attached hydrogen (secondary N) is 2. The number of aliphatic hydroxyl groups excluding tert-OH is 1. The van der Waals surface area contributed by atoms with E-state index in [-0.39, 0.29) is 25.3 Å². The SMILES string of the molecule is CC(C)(CNC(N)=O)NCC(O)COC(=O)c1ccccc1F.O=S(=O)(O)O. The molecular weight excluding hydrogens is 401 g/mol. The zero-order valence-corrected chi connectivity index (χ0v) is 16.1. The summed E-state index contributed by atoms with van der Waals surface area (Å²) in [6, 6.07) is 4.81. The maximum atomic E-state index is 13.4. The van der Waals surface area contributed by atoms with E-state index in [9.17, 15) is 19.1 Å². The molecule has 11 nitrogen and oxygen atoms in total. The molecule has 1 rings (SSSR count). The molecule has 1 aromatic carbocycles. The number of β-amino-alcohol motifs (C(OH)–C–C–N with tert-alkyl or cyclic N) is 1. The molecule has 0 aliphatic rings. The number of ether oxygens (including phenoxy) is 1. The Kier molecular flexibility index (Phi) is 10.6. The number of carbonyl (C=O) groups excluding carboxylic acids is 2. The van der Waals surface area contributed by atoms with E-state index in [1.165, 1.54) is 18.2 Å². The number of halogens is 1. The summed E-state index contributed by atoms with van der Waals surface area (Å²) in [6.45, 7) is 3.73. The second kappa shape index (κ2) is 11.5. The van der Waals surface area contributed by atoms with Crippen LogP contribution in [0.1, 0.15) is 24.2 Å². The number of benzene rings is 1. The minimum atomic E-state index is -4.67. The predicted octanol–water partition coefficient (Wildman–Crippen LogP) is -0.273. The topological polar surface area (TPSA) is 188 Å². The predicted molar refractivity (Wildman–Crippen MR) is 96.5 cm³/mol. The number of amides is 2. The average molecular weight is 425 g/mol. The van der Waals surface area contributed by atoms with E-state index in [0.717, 1.165) is 6.07 Å². The zero-order valence-electron chi connectivity index (χ0n) is 15.3. The summed E-state index contributed by atoms with van der Waals surface area (Å²) in [6.07, 6.45) is -0.974. The third-order valence-corrected chi connectivity index (χ3v) is 3.02. The van der Waals surface area contributed by atoms with Crippen LogP contribution in [0, 0.1) is 5.82 Å². The van der Waals surface area contributed by atoms with Crippen molar-refractivity contribution in [1.29, 1.82) is 0 Å². The number of urea groups is 1. The smallest absolute Gasteiger partial charge is 0.394 e. The second-order valence-electron chi connectivity index (χ2n) is 6.16. The molecule has 0 spiro atoms. The molecule has 2 amide bonds. The number of carbonyl (C=O) groups is 2. The Hall–Kier alpha value is -2.32. The molecule has 7 N–H and O–H groups in total. The van der Waals surface area contributed by atoms with Gasteiger partial charge in [0, 0.05) is 18.6 Å². The van der Waals surface area contributed by atoms with E-state index in [4.69, 9.17) is 28.0 Å². The monoisotopic (exact) mass is 425 g/mol. The van der Waals surface area contributed by atoms with Gasteiger partial charge < -0.3 is 26.2 Å². The van der Waals surface area contributed by atoms with Gasteiger partial charge in [-0.2, -0.15) is 8.42 Å². The van der Waals surface area contributed by atoms with Crippen LogP contribution < -0.4 is 16.4 Å². The Balaban J connectivity index is 0.00000129. The first-order valence-corrected chi connectivity index (χ1v) is 9.19. The van der Waals surface area contributed by atoms with Crippen molar-refractivity contribution < 1.29 is 41.3 Å². The van der Waals surface area contributed by atoms with Gasteiger partial charge in [0.15, 0.2) is 0 Å². The standard InChI is InChI=1S/C15H22FN3O4.H2O4S/c1-15(2,9-18-14(17)22)19-7-10(20)8-23-13(21)11-5-3-4-6-12(11)16;1-5(2,3)4/h3-6,10,19-20H,7-9H2,1-2H3,(H3,17,18,22);(H2,1,2,3,4). The average Bonchev–Trinajstić information content (AvgIpc) is 2.55. The van der Waals surface area contributed by atoms with Gasteiger partial charge in [0.05, 0.1) is 5.56 Å². The molecule has 0 heterocycles. The number of hydrogen-bond donors (Lipinski definition) is 6. The maximum absolute atomic E-state index is 13.4. The van der Waals surface area contributed by atoms with Gasteiger partial charge in [-0.05, 0) is 26.0 Å². The summed E-state index contributed by atoms with van der Waals surface area (Å²) >= 11 is 0. The number of hydrogen-bond acceptors (Lipinski definition) is 7. The van der Waals surface area contributed by atoms with Gasteiger partial charge >= 0.3 is 22.4 Å². The third kappa shape index (κ3) is 13.8. The molecule has 0 aliphatic heterocycles. The minimum Gasteiger partial charge on any atom is -0.459 e. The normalized spacial score (nSPS) is 12.4. The third-order valence-electron chi connectivity index (χ3n) is 3.02. The Morgan fingerprint density at radius 2 is 1.82 bits per heavy atom. The Morgan fingerprint density at radius 3 is 2.32 bits per heavy atom. The van der Waals surface area contributed by atoms with Crippen molar-refractivity contribution in [1.82, 2.24) is 10.6 Å². The molecular formula is C15H24FN3O8S. The van der Waals surface area contributed by atoms with Crippen LogP contribution in [0.4, 0.5) is 9.18 Å². The molecule has 1 atom stereocenters. The van der Waals surface area contributed by atoms with Crippen molar-refractivity contribution in [2.24, 2.45) is 5.73 Å². The number of primary amides is 1. The fourth-order valence-electron chi connectivity index (χ4n) is 1.70. The lowest BCUT2D eigenvalue weighted by Gasteiger charge is -2.27. The van der Waals surface area contributed by atoms with E-state index in [1.807, 2.05) is 0 Å². The summed E-state index contributed by atoms with van der Waals surface area (Å²) in [5.41, 5.74) is 4.30. The first-order valence-electron chi connectivity index (χ1n) is 7.79. The quantitative estimate of drug-likeness (QED) is 0.240. The van der Waals surface area contributed by atoms with Crippen molar-refractivity contribution in [2.75, 3.05) is 19.7 Å². The largest absolute Gasteiger partial charge is 0.459 e. The summed E-state index contributed by atoms with van der Waals surface area (Å²) in [5, 5.41) is 15.3. The van der Waals surface area contributed by atoms with Crippen molar-refractivity contribution >= 4 is 22.4 Å². The highest BCUT2D eigenvalue weighted by Gasteiger charge is 2.20. The molecule has 1 aromatic rings. The maximum Gasteiger partial charge on any atom is 0.394 e. The number of rotatable bonds is 8. The van der Waals surface area contributed by atoms with Gasteiger partial charge in [0.2, 0.25) is 0 Å². The highest BCUT2D eigenvalue weighted by molar-refractivity contribution is 7.79. The highest BCUT2D eigenvalue weighted by atomic mass is 32.3. The number of nitrogens with two attached hydrogens (primary N) is 1. The van der Waals surface area contributed by atoms with Crippen LogP contribution in [-0.4, -0.2) is 66.0 Å². The molecule has 0 radical (unpaired) electrons. The summed E-state index contributed by atoms with van der Waals surface area (Å²) < 4.78 is 49.9. The molecule has 1 unspecified atom stereocenters. The fraction of sp³-hybridized carbons (Fsp3) is 0.467. The summed E-state index contributed by atoms with van der Waals surface area (Å²) in [5.74, 6) is -1.51. The van der Waals surface area contributed by atoms with Crippen LogP contribution in [0.3, 0.4) is 0 Å². The molecule has 28 heavy (non-hydrogen) atoms. The van der Waals surface area contributed by atoms with E-state index < -0.39 is 39.9 Å². The van der Waals surface area contributed by atoms with E-state index in [0.29, 0.717) is 0 Å².